The molecule has 160 valence electrons. The SMILES string of the molecule is O=C(Nc1ccc2c(c1)N(Cc1ccccc1)C(=O)CS2)Nc1c[nH]c2ccc(F)cc12. The molecule has 0 saturated carbocycles. The summed E-state index contributed by atoms with van der Waals surface area (Å²) in [6, 6.07) is 19.2. The summed E-state index contributed by atoms with van der Waals surface area (Å²) >= 11 is 1.49. The number of urea groups is 1. The number of anilines is 3. The number of hydrogen-bond donors (Lipinski definition) is 3. The van der Waals surface area contributed by atoms with Crippen molar-refractivity contribution in [2.45, 2.75) is 11.4 Å². The molecule has 0 fully saturated rings. The predicted molar refractivity (Wildman–Crippen MR) is 126 cm³/mol. The third kappa shape index (κ3) is 4.04. The van der Waals surface area contributed by atoms with Crippen molar-refractivity contribution in [3.63, 3.8) is 0 Å². The van der Waals surface area contributed by atoms with Crippen molar-refractivity contribution < 1.29 is 14.0 Å². The Morgan fingerprint density at radius 3 is 2.75 bits per heavy atom. The summed E-state index contributed by atoms with van der Waals surface area (Å²) in [7, 11) is 0. The molecule has 32 heavy (non-hydrogen) atoms. The number of fused-ring (bicyclic) bond motifs is 2. The Hall–Kier alpha value is -3.78. The first-order valence-corrected chi connectivity index (χ1v) is 11.0. The Morgan fingerprint density at radius 1 is 1.06 bits per heavy atom. The molecule has 0 radical (unpaired) electrons. The minimum absolute atomic E-state index is 0.0220. The van der Waals surface area contributed by atoms with Gasteiger partial charge in [-0.3, -0.25) is 4.79 Å². The van der Waals surface area contributed by atoms with Gasteiger partial charge in [-0.2, -0.15) is 0 Å². The summed E-state index contributed by atoms with van der Waals surface area (Å²) in [5.41, 5.74) is 3.55. The third-order valence-electron chi connectivity index (χ3n) is 5.24. The van der Waals surface area contributed by atoms with E-state index in [1.54, 1.807) is 29.3 Å². The number of H-pyrrole nitrogens is 1. The number of hydrogen-bond acceptors (Lipinski definition) is 3. The second-order valence-electron chi connectivity index (χ2n) is 7.41. The monoisotopic (exact) mass is 446 g/mol. The number of amides is 3. The van der Waals surface area contributed by atoms with E-state index in [0.717, 1.165) is 21.7 Å². The summed E-state index contributed by atoms with van der Waals surface area (Å²) in [6.45, 7) is 0.462. The van der Waals surface area contributed by atoms with Crippen LogP contribution in [0.15, 0.2) is 77.8 Å². The van der Waals surface area contributed by atoms with Gasteiger partial charge in [-0.1, -0.05) is 30.3 Å². The highest BCUT2D eigenvalue weighted by Crippen LogP contribution is 2.38. The Bertz CT molecular complexity index is 1320. The fraction of sp³-hybridized carbons (Fsp3) is 0.0833. The van der Waals surface area contributed by atoms with Gasteiger partial charge < -0.3 is 20.5 Å². The number of nitrogens with one attached hydrogen (secondary N) is 3. The molecule has 0 saturated heterocycles. The molecule has 0 spiro atoms. The maximum Gasteiger partial charge on any atom is 0.323 e. The fourth-order valence-electron chi connectivity index (χ4n) is 3.70. The second kappa shape index (κ2) is 8.39. The maximum atomic E-state index is 13.6. The van der Waals surface area contributed by atoms with Crippen LogP contribution in [-0.2, 0) is 11.3 Å². The lowest BCUT2D eigenvalue weighted by atomic mass is 10.2. The first kappa shape index (κ1) is 20.1. The summed E-state index contributed by atoms with van der Waals surface area (Å²) in [5.74, 6) is 0.0224. The van der Waals surface area contributed by atoms with Crippen LogP contribution in [-0.4, -0.2) is 22.7 Å². The smallest absolute Gasteiger partial charge is 0.323 e. The Kier molecular flexibility index (Phi) is 5.28. The average Bonchev–Trinajstić information content (AvgIpc) is 3.18. The van der Waals surface area contributed by atoms with E-state index in [1.165, 1.54) is 23.9 Å². The van der Waals surface area contributed by atoms with Crippen molar-refractivity contribution in [3.05, 3.63) is 84.3 Å². The number of benzene rings is 3. The van der Waals surface area contributed by atoms with Crippen LogP contribution in [0, 0.1) is 5.82 Å². The van der Waals surface area contributed by atoms with Gasteiger partial charge in [0.1, 0.15) is 5.82 Å². The van der Waals surface area contributed by atoms with Crippen LogP contribution in [0.4, 0.5) is 26.2 Å². The van der Waals surface area contributed by atoms with Gasteiger partial charge in [-0.15, -0.1) is 11.8 Å². The van der Waals surface area contributed by atoms with Crippen LogP contribution >= 0.6 is 11.8 Å². The number of rotatable bonds is 4. The molecule has 0 bridgehead atoms. The third-order valence-corrected chi connectivity index (χ3v) is 6.28. The van der Waals surface area contributed by atoms with E-state index in [1.807, 2.05) is 36.4 Å². The molecule has 4 aromatic rings. The largest absolute Gasteiger partial charge is 0.359 e. The van der Waals surface area contributed by atoms with Gasteiger partial charge in [-0.05, 0) is 42.0 Å². The van der Waals surface area contributed by atoms with E-state index in [-0.39, 0.29) is 11.7 Å². The summed E-state index contributed by atoms with van der Waals surface area (Å²) in [6.07, 6.45) is 1.62. The standard InChI is InChI=1S/C24H19FN4O2S/c25-16-6-8-19-18(10-16)20(12-26-19)28-24(31)27-17-7-9-22-21(11-17)29(23(30)14-32-22)13-15-4-2-1-3-5-15/h1-12,26H,13-14H2,(H2,27,28,31). The molecule has 1 aromatic heterocycles. The molecule has 0 unspecified atom stereocenters. The fourth-order valence-corrected chi connectivity index (χ4v) is 4.62. The van der Waals surface area contributed by atoms with Crippen LogP contribution in [0.25, 0.3) is 10.9 Å². The Labute approximate surface area is 187 Å². The lowest BCUT2D eigenvalue weighted by molar-refractivity contribution is -0.116. The van der Waals surface area contributed by atoms with Gasteiger partial charge in [0.15, 0.2) is 0 Å². The molecule has 2 heterocycles. The van der Waals surface area contributed by atoms with Crippen molar-refractivity contribution in [2.75, 3.05) is 21.3 Å². The highest BCUT2D eigenvalue weighted by Gasteiger charge is 2.25. The van der Waals surface area contributed by atoms with E-state index >= 15 is 0 Å². The minimum atomic E-state index is -0.459. The normalized spacial score (nSPS) is 13.2. The quantitative estimate of drug-likeness (QED) is 0.382. The van der Waals surface area contributed by atoms with Crippen molar-refractivity contribution in [2.24, 2.45) is 0 Å². The van der Waals surface area contributed by atoms with Crippen LogP contribution < -0.4 is 15.5 Å². The van der Waals surface area contributed by atoms with Gasteiger partial charge in [0.2, 0.25) is 5.91 Å². The first-order valence-electron chi connectivity index (χ1n) is 10.0. The van der Waals surface area contributed by atoms with Crippen LogP contribution in [0.3, 0.4) is 0 Å². The molecule has 3 amide bonds. The van der Waals surface area contributed by atoms with E-state index in [0.29, 0.717) is 29.1 Å². The molecular weight excluding hydrogens is 427 g/mol. The van der Waals surface area contributed by atoms with E-state index in [9.17, 15) is 14.0 Å². The van der Waals surface area contributed by atoms with Crippen molar-refractivity contribution >= 4 is 51.7 Å². The van der Waals surface area contributed by atoms with Gasteiger partial charge >= 0.3 is 6.03 Å². The second-order valence-corrected chi connectivity index (χ2v) is 8.43. The van der Waals surface area contributed by atoms with Crippen molar-refractivity contribution in [1.29, 1.82) is 0 Å². The minimum Gasteiger partial charge on any atom is -0.359 e. The molecule has 3 aromatic carbocycles. The predicted octanol–water partition coefficient (Wildman–Crippen LogP) is 5.59. The Balaban J connectivity index is 1.36. The zero-order valence-electron chi connectivity index (χ0n) is 16.9. The number of aromatic amines is 1. The van der Waals surface area contributed by atoms with E-state index in [2.05, 4.69) is 15.6 Å². The lowest BCUT2D eigenvalue weighted by Crippen LogP contribution is -2.34. The Morgan fingerprint density at radius 2 is 1.91 bits per heavy atom. The first-order chi connectivity index (χ1) is 15.6. The van der Waals surface area contributed by atoms with E-state index < -0.39 is 6.03 Å². The molecule has 1 aliphatic heterocycles. The molecule has 1 aliphatic rings. The highest BCUT2D eigenvalue weighted by molar-refractivity contribution is 8.00. The number of aromatic nitrogens is 1. The molecule has 5 rings (SSSR count). The van der Waals surface area contributed by atoms with E-state index in [4.69, 9.17) is 0 Å². The van der Waals surface area contributed by atoms with Crippen LogP contribution in [0.5, 0.6) is 0 Å². The van der Waals surface area contributed by atoms with Crippen molar-refractivity contribution in [1.82, 2.24) is 4.98 Å². The molecule has 3 N–H and O–H groups in total. The number of carbonyl (C=O) groups excluding carboxylic acids is 2. The topological polar surface area (TPSA) is 77.2 Å². The highest BCUT2D eigenvalue weighted by atomic mass is 32.2. The zero-order chi connectivity index (χ0) is 22.1. The summed E-state index contributed by atoms with van der Waals surface area (Å²) in [5, 5.41) is 6.14. The van der Waals surface area contributed by atoms with Crippen molar-refractivity contribution in [3.8, 4) is 0 Å². The van der Waals surface area contributed by atoms with Gasteiger partial charge in [0, 0.05) is 27.7 Å². The molecule has 6 nitrogen and oxygen atoms in total. The summed E-state index contributed by atoms with van der Waals surface area (Å²) < 4.78 is 13.6. The summed E-state index contributed by atoms with van der Waals surface area (Å²) in [4.78, 5) is 31.0. The number of nitrogens with zero attached hydrogens (tertiary/aromatic N) is 1. The number of halogens is 1. The molecule has 0 atom stereocenters. The maximum absolute atomic E-state index is 13.6. The molecule has 0 aliphatic carbocycles. The number of thioether (sulfide) groups is 1. The van der Waals surface area contributed by atoms with Crippen LogP contribution in [0.1, 0.15) is 5.56 Å². The van der Waals surface area contributed by atoms with Crippen LogP contribution in [0.2, 0.25) is 0 Å². The zero-order valence-corrected chi connectivity index (χ0v) is 17.7. The van der Waals surface area contributed by atoms with Gasteiger partial charge in [0.25, 0.3) is 0 Å². The molecule has 8 heteroatoms. The number of carbonyl (C=O) groups is 2. The van der Waals surface area contributed by atoms with Gasteiger partial charge in [0.05, 0.1) is 23.7 Å². The molecular formula is C24H19FN4O2S. The van der Waals surface area contributed by atoms with Gasteiger partial charge in [-0.25, -0.2) is 9.18 Å². The average molecular weight is 447 g/mol. The lowest BCUT2D eigenvalue weighted by Gasteiger charge is -2.29.